The maximum atomic E-state index is 12.3. The van der Waals surface area contributed by atoms with Crippen molar-refractivity contribution in [2.45, 2.75) is 12.1 Å². The molecule has 1 fully saturated rings. The summed E-state index contributed by atoms with van der Waals surface area (Å²) >= 11 is 0. The Morgan fingerprint density at radius 2 is 2.15 bits per heavy atom. The van der Waals surface area contributed by atoms with Crippen LogP contribution >= 0.6 is 0 Å². The third-order valence-corrected chi connectivity index (χ3v) is 3.61. The first-order valence-electron chi connectivity index (χ1n) is 6.30. The van der Waals surface area contributed by atoms with E-state index >= 15 is 0 Å². The molecule has 0 aliphatic carbocycles. The average molecular weight is 274 g/mol. The van der Waals surface area contributed by atoms with E-state index in [9.17, 15) is 14.7 Å². The van der Waals surface area contributed by atoms with Gasteiger partial charge in [0, 0.05) is 0 Å². The highest BCUT2D eigenvalue weighted by Crippen LogP contribution is 2.43. The number of hydrogen-bond acceptors (Lipinski definition) is 3. The maximum Gasteiger partial charge on any atom is 0.345 e. The van der Waals surface area contributed by atoms with Crippen LogP contribution < -0.4 is 0 Å². The van der Waals surface area contributed by atoms with Gasteiger partial charge < -0.3 is 10.0 Å². The fourth-order valence-corrected chi connectivity index (χ4v) is 2.81. The van der Waals surface area contributed by atoms with Crippen molar-refractivity contribution in [1.29, 1.82) is 0 Å². The number of carboxylic acids is 1. The van der Waals surface area contributed by atoms with E-state index in [0.717, 1.165) is 5.56 Å². The van der Waals surface area contributed by atoms with Crippen LogP contribution in [0.1, 0.15) is 23.2 Å². The number of carbonyl (C=O) groups excluding carboxylic acids is 1. The highest BCUT2D eigenvalue weighted by molar-refractivity contribution is 5.87. The molecule has 20 heavy (non-hydrogen) atoms. The first kappa shape index (κ1) is 12.7. The Morgan fingerprint density at radius 1 is 1.45 bits per heavy atom. The second kappa shape index (κ2) is 4.64. The lowest BCUT2D eigenvalue weighted by atomic mass is 9.91. The number of urea groups is 1. The topological polar surface area (TPSA) is 70.1 Å². The number of aliphatic carboxylic acids is 1. The van der Waals surface area contributed by atoms with Gasteiger partial charge in [0.15, 0.2) is 6.04 Å². The predicted octanol–water partition coefficient (Wildman–Crippen LogP) is 1.72. The number of amides is 2. The Hall–Kier alpha value is -2.34. The molecule has 1 aromatic carbocycles. The van der Waals surface area contributed by atoms with Crippen molar-refractivity contribution < 1.29 is 19.5 Å². The van der Waals surface area contributed by atoms with Gasteiger partial charge in [-0.25, -0.2) is 9.59 Å². The molecule has 0 aromatic heterocycles. The van der Waals surface area contributed by atoms with Crippen LogP contribution in [0.15, 0.2) is 36.9 Å². The summed E-state index contributed by atoms with van der Waals surface area (Å²) < 4.78 is 0. The van der Waals surface area contributed by atoms with E-state index in [4.69, 9.17) is 4.84 Å². The minimum Gasteiger partial charge on any atom is -0.479 e. The second-order valence-corrected chi connectivity index (χ2v) is 4.73. The molecule has 104 valence electrons. The number of carboxylic acid groups (broad SMARTS) is 1. The standard InChI is InChI=1S/C14H14N2O4/c1-2-7-20-16-11-8-15(14(16)19)12(13(17)18)10-6-4-3-5-9(10)11/h2-6,11-12H,1,7-8H2,(H,17,18)/t11-,12+/m0/s1. The molecule has 1 N–H and O–H groups in total. The van der Waals surface area contributed by atoms with Gasteiger partial charge in [0.1, 0.15) is 6.04 Å². The molecule has 2 aliphatic rings. The summed E-state index contributed by atoms with van der Waals surface area (Å²) in [4.78, 5) is 30.5. The Kier molecular flexibility index (Phi) is 2.94. The van der Waals surface area contributed by atoms with E-state index < -0.39 is 18.0 Å². The van der Waals surface area contributed by atoms with Crippen LogP contribution in [0.4, 0.5) is 4.79 Å². The number of fused-ring (bicyclic) bond motifs is 4. The van der Waals surface area contributed by atoms with Gasteiger partial charge in [0.2, 0.25) is 0 Å². The lowest BCUT2D eigenvalue weighted by Crippen LogP contribution is -2.38. The monoisotopic (exact) mass is 274 g/mol. The van der Waals surface area contributed by atoms with E-state index in [2.05, 4.69) is 6.58 Å². The fraction of sp³-hybridized carbons (Fsp3) is 0.286. The molecule has 2 amide bonds. The van der Waals surface area contributed by atoms with Crippen molar-refractivity contribution in [2.75, 3.05) is 13.2 Å². The van der Waals surface area contributed by atoms with Crippen molar-refractivity contribution in [1.82, 2.24) is 9.96 Å². The molecule has 1 aromatic rings. The summed E-state index contributed by atoms with van der Waals surface area (Å²) in [5.74, 6) is -1.03. The molecule has 3 rings (SSSR count). The van der Waals surface area contributed by atoms with E-state index in [1.807, 2.05) is 12.1 Å². The van der Waals surface area contributed by atoms with E-state index in [0.29, 0.717) is 12.1 Å². The lowest BCUT2D eigenvalue weighted by Gasteiger charge is -2.29. The van der Waals surface area contributed by atoms with Gasteiger partial charge in [0.05, 0.1) is 13.2 Å². The molecular weight excluding hydrogens is 260 g/mol. The molecule has 6 heteroatoms. The van der Waals surface area contributed by atoms with Crippen LogP contribution in [0.25, 0.3) is 0 Å². The van der Waals surface area contributed by atoms with E-state index in [-0.39, 0.29) is 12.6 Å². The first-order valence-corrected chi connectivity index (χ1v) is 6.30. The van der Waals surface area contributed by atoms with Crippen LogP contribution in [0.2, 0.25) is 0 Å². The van der Waals surface area contributed by atoms with Gasteiger partial charge in [-0.05, 0) is 11.1 Å². The first-order chi connectivity index (χ1) is 9.65. The summed E-state index contributed by atoms with van der Waals surface area (Å²) in [6, 6.07) is 5.57. The highest BCUT2D eigenvalue weighted by Gasteiger charge is 2.50. The van der Waals surface area contributed by atoms with Gasteiger partial charge >= 0.3 is 12.0 Å². The predicted molar refractivity (Wildman–Crippen MR) is 69.6 cm³/mol. The third kappa shape index (κ3) is 1.69. The van der Waals surface area contributed by atoms with Crippen LogP contribution in [-0.2, 0) is 9.63 Å². The molecule has 0 spiro atoms. The van der Waals surface area contributed by atoms with Crippen molar-refractivity contribution in [2.24, 2.45) is 0 Å². The highest BCUT2D eigenvalue weighted by atomic mass is 16.7. The minimum atomic E-state index is -1.03. The van der Waals surface area contributed by atoms with Crippen molar-refractivity contribution in [3.05, 3.63) is 48.0 Å². The molecule has 0 unspecified atom stereocenters. The third-order valence-electron chi connectivity index (χ3n) is 3.61. The largest absolute Gasteiger partial charge is 0.479 e. The Balaban J connectivity index is 2.06. The molecule has 0 radical (unpaired) electrons. The van der Waals surface area contributed by atoms with Crippen LogP contribution in [0.5, 0.6) is 0 Å². The molecule has 2 aliphatic heterocycles. The van der Waals surface area contributed by atoms with Gasteiger partial charge in [0.25, 0.3) is 0 Å². The number of nitrogens with zero attached hydrogens (tertiary/aromatic N) is 2. The summed E-state index contributed by atoms with van der Waals surface area (Å²) in [6.45, 7) is 4.08. The quantitative estimate of drug-likeness (QED) is 0.849. The second-order valence-electron chi connectivity index (χ2n) is 4.73. The minimum absolute atomic E-state index is 0.204. The SMILES string of the molecule is C=CCON1C(=O)N2C[C@H]1c1ccccc1[C@@H]2C(=O)O. The van der Waals surface area contributed by atoms with Crippen molar-refractivity contribution >= 4 is 12.0 Å². The van der Waals surface area contributed by atoms with Crippen LogP contribution in [0.3, 0.4) is 0 Å². The van der Waals surface area contributed by atoms with Crippen LogP contribution in [0, 0.1) is 0 Å². The molecule has 0 saturated carbocycles. The summed E-state index contributed by atoms with van der Waals surface area (Å²) in [5, 5.41) is 10.7. The Labute approximate surface area is 115 Å². The molecule has 2 bridgehead atoms. The van der Waals surface area contributed by atoms with Crippen LogP contribution in [-0.4, -0.2) is 40.2 Å². The summed E-state index contributed by atoms with van der Waals surface area (Å²) in [6.07, 6.45) is 1.55. The zero-order valence-electron chi connectivity index (χ0n) is 10.7. The number of hydrogen-bond donors (Lipinski definition) is 1. The van der Waals surface area contributed by atoms with Crippen molar-refractivity contribution in [3.63, 3.8) is 0 Å². The zero-order chi connectivity index (χ0) is 14.3. The average Bonchev–Trinajstić information content (AvgIpc) is 2.71. The molecule has 6 nitrogen and oxygen atoms in total. The number of hydroxylamine groups is 2. The molecule has 2 atom stereocenters. The van der Waals surface area contributed by atoms with Crippen molar-refractivity contribution in [3.8, 4) is 0 Å². The van der Waals surface area contributed by atoms with Gasteiger partial charge in [-0.15, -0.1) is 6.58 Å². The Morgan fingerprint density at radius 3 is 2.80 bits per heavy atom. The smallest absolute Gasteiger partial charge is 0.345 e. The maximum absolute atomic E-state index is 12.3. The zero-order valence-corrected chi connectivity index (χ0v) is 10.7. The Bertz CT molecular complexity index is 586. The number of rotatable bonds is 4. The lowest BCUT2D eigenvalue weighted by molar-refractivity contribution is -0.142. The molecule has 1 saturated heterocycles. The normalized spacial score (nSPS) is 23.7. The van der Waals surface area contributed by atoms with E-state index in [1.165, 1.54) is 9.96 Å². The van der Waals surface area contributed by atoms with Gasteiger partial charge in [-0.1, -0.05) is 30.3 Å². The van der Waals surface area contributed by atoms with Gasteiger partial charge in [-0.2, -0.15) is 5.06 Å². The number of carbonyl (C=O) groups is 2. The summed E-state index contributed by atoms with van der Waals surface area (Å²) in [5.41, 5.74) is 1.47. The summed E-state index contributed by atoms with van der Waals surface area (Å²) in [7, 11) is 0. The fourth-order valence-electron chi connectivity index (χ4n) is 2.81. The van der Waals surface area contributed by atoms with Gasteiger partial charge in [-0.3, -0.25) is 4.84 Å². The van der Waals surface area contributed by atoms with E-state index in [1.54, 1.807) is 18.2 Å². The molecular formula is C14H14N2O4. The molecule has 2 heterocycles. The number of benzene rings is 1.